The monoisotopic (exact) mass is 452 g/mol. The summed E-state index contributed by atoms with van der Waals surface area (Å²) in [6.45, 7) is 8.78. The van der Waals surface area contributed by atoms with Gasteiger partial charge in [-0.3, -0.25) is 0 Å². The van der Waals surface area contributed by atoms with Gasteiger partial charge in [0.25, 0.3) is 0 Å². The van der Waals surface area contributed by atoms with Crippen LogP contribution in [-0.2, 0) is 6.54 Å². The minimum absolute atomic E-state index is 0.691. The maximum atomic E-state index is 4.97. The van der Waals surface area contributed by atoms with E-state index in [1.807, 2.05) is 10.7 Å². The molecule has 1 fully saturated rings. The number of piperazine rings is 1. The second-order valence-corrected chi connectivity index (χ2v) is 8.93. The molecule has 34 heavy (non-hydrogen) atoms. The normalized spacial score (nSPS) is 14.4. The topological polar surface area (TPSA) is 50.1 Å². The fourth-order valence-electron chi connectivity index (χ4n) is 4.54. The molecular formula is C28H32N6. The lowest BCUT2D eigenvalue weighted by Crippen LogP contribution is -2.47. The van der Waals surface area contributed by atoms with Gasteiger partial charge in [-0.05, 0) is 37.1 Å². The van der Waals surface area contributed by atoms with Gasteiger partial charge in [-0.2, -0.15) is 5.10 Å². The van der Waals surface area contributed by atoms with Gasteiger partial charge in [-0.25, -0.2) is 14.6 Å². The second kappa shape index (κ2) is 10.1. The first-order chi connectivity index (χ1) is 16.7. The molecule has 1 aliphatic rings. The highest BCUT2D eigenvalue weighted by Crippen LogP contribution is 2.29. The van der Waals surface area contributed by atoms with Crippen molar-refractivity contribution in [1.82, 2.24) is 19.7 Å². The van der Waals surface area contributed by atoms with Crippen LogP contribution in [0.15, 0.2) is 67.0 Å². The molecule has 0 saturated carbocycles. The Morgan fingerprint density at radius 2 is 1.62 bits per heavy atom. The summed E-state index contributed by atoms with van der Waals surface area (Å²) in [5.41, 5.74) is 5.64. The van der Waals surface area contributed by atoms with Gasteiger partial charge < -0.3 is 9.80 Å². The number of hydrogen-bond donors (Lipinski definition) is 0. The molecule has 3 heterocycles. The Bertz CT molecular complexity index is 1250. The fourth-order valence-corrected chi connectivity index (χ4v) is 4.54. The van der Waals surface area contributed by atoms with Gasteiger partial charge in [0, 0.05) is 31.9 Å². The Morgan fingerprint density at radius 1 is 0.882 bits per heavy atom. The molecule has 1 saturated heterocycles. The fraction of sp³-hybridized carbons (Fsp3) is 0.321. The number of benzene rings is 2. The van der Waals surface area contributed by atoms with E-state index in [0.717, 1.165) is 61.6 Å². The maximum absolute atomic E-state index is 4.97. The first-order valence-corrected chi connectivity index (χ1v) is 12.2. The van der Waals surface area contributed by atoms with E-state index in [-0.39, 0.29) is 0 Å². The van der Waals surface area contributed by atoms with Gasteiger partial charge in [0.1, 0.15) is 12.1 Å². The molecular weight excluding hydrogens is 420 g/mol. The Balaban J connectivity index is 1.45. The van der Waals surface area contributed by atoms with Crippen LogP contribution in [0.2, 0.25) is 0 Å². The quantitative estimate of drug-likeness (QED) is 0.380. The first kappa shape index (κ1) is 22.1. The standard InChI is InChI=1S/C28H32N6/c1-3-4-6-11-25-26-27(33-18-16-32(17-19-33)24-14-12-22(2)13-15-24)29-21-30-28(26)34(31-25)20-23-9-7-5-8-10-23/h5-15,21H,3-4,16-20H2,1-2H3/b11-6+. The van der Waals surface area contributed by atoms with Crippen LogP contribution < -0.4 is 9.80 Å². The minimum atomic E-state index is 0.691. The molecule has 6 nitrogen and oxygen atoms in total. The highest BCUT2D eigenvalue weighted by molar-refractivity contribution is 5.94. The van der Waals surface area contributed by atoms with E-state index in [4.69, 9.17) is 10.1 Å². The van der Waals surface area contributed by atoms with Crippen molar-refractivity contribution in [3.63, 3.8) is 0 Å². The molecule has 4 aromatic rings. The third-order valence-electron chi connectivity index (χ3n) is 6.42. The highest BCUT2D eigenvalue weighted by atomic mass is 15.3. The summed E-state index contributed by atoms with van der Waals surface area (Å²) in [5.74, 6) is 0.990. The molecule has 174 valence electrons. The Kier molecular flexibility index (Phi) is 6.56. The number of nitrogens with zero attached hydrogens (tertiary/aromatic N) is 6. The van der Waals surface area contributed by atoms with Gasteiger partial charge in [0.2, 0.25) is 0 Å². The number of allylic oxidation sites excluding steroid dienone is 1. The zero-order valence-electron chi connectivity index (χ0n) is 20.1. The van der Waals surface area contributed by atoms with Gasteiger partial charge in [-0.15, -0.1) is 0 Å². The van der Waals surface area contributed by atoms with Crippen molar-refractivity contribution in [3.05, 3.63) is 83.8 Å². The molecule has 5 rings (SSSR count). The summed E-state index contributed by atoms with van der Waals surface area (Å²) in [7, 11) is 0. The van der Waals surface area contributed by atoms with Crippen LogP contribution in [0.1, 0.15) is 36.6 Å². The third-order valence-corrected chi connectivity index (χ3v) is 6.42. The van der Waals surface area contributed by atoms with E-state index in [2.05, 4.69) is 89.3 Å². The number of anilines is 2. The average molecular weight is 453 g/mol. The second-order valence-electron chi connectivity index (χ2n) is 8.93. The van der Waals surface area contributed by atoms with Crippen LogP contribution in [-0.4, -0.2) is 45.9 Å². The summed E-state index contributed by atoms with van der Waals surface area (Å²) in [5, 5.41) is 6.02. The van der Waals surface area contributed by atoms with Crippen molar-refractivity contribution in [3.8, 4) is 0 Å². The van der Waals surface area contributed by atoms with Crippen LogP contribution >= 0.6 is 0 Å². The Morgan fingerprint density at radius 3 is 2.35 bits per heavy atom. The van der Waals surface area contributed by atoms with E-state index in [1.165, 1.54) is 16.8 Å². The van der Waals surface area contributed by atoms with Crippen molar-refractivity contribution >= 4 is 28.6 Å². The predicted octanol–water partition coefficient (Wildman–Crippen LogP) is 5.32. The van der Waals surface area contributed by atoms with Crippen molar-refractivity contribution in [2.75, 3.05) is 36.0 Å². The molecule has 0 spiro atoms. The molecule has 0 amide bonds. The third kappa shape index (κ3) is 4.67. The zero-order valence-corrected chi connectivity index (χ0v) is 20.1. The largest absolute Gasteiger partial charge is 0.368 e. The molecule has 0 atom stereocenters. The van der Waals surface area contributed by atoms with Crippen LogP contribution in [0.4, 0.5) is 11.5 Å². The van der Waals surface area contributed by atoms with Crippen molar-refractivity contribution < 1.29 is 0 Å². The zero-order chi connectivity index (χ0) is 23.3. The van der Waals surface area contributed by atoms with E-state index >= 15 is 0 Å². The molecule has 6 heteroatoms. The summed E-state index contributed by atoms with van der Waals surface area (Å²) < 4.78 is 2.02. The van der Waals surface area contributed by atoms with Gasteiger partial charge in [0.15, 0.2) is 5.65 Å². The lowest BCUT2D eigenvalue weighted by Gasteiger charge is -2.37. The molecule has 2 aromatic heterocycles. The number of rotatable bonds is 7. The summed E-state index contributed by atoms with van der Waals surface area (Å²) in [6, 6.07) is 19.3. The van der Waals surface area contributed by atoms with E-state index in [1.54, 1.807) is 6.33 Å². The number of fused-ring (bicyclic) bond motifs is 1. The van der Waals surface area contributed by atoms with Crippen molar-refractivity contribution in [2.45, 2.75) is 33.2 Å². The van der Waals surface area contributed by atoms with Gasteiger partial charge in [0.05, 0.1) is 17.6 Å². The number of unbranched alkanes of at least 4 members (excludes halogenated alkanes) is 1. The summed E-state index contributed by atoms with van der Waals surface area (Å²) in [4.78, 5) is 14.3. The smallest absolute Gasteiger partial charge is 0.164 e. The van der Waals surface area contributed by atoms with E-state index in [9.17, 15) is 0 Å². The predicted molar refractivity (Wildman–Crippen MR) is 140 cm³/mol. The van der Waals surface area contributed by atoms with Crippen LogP contribution in [0.5, 0.6) is 0 Å². The maximum Gasteiger partial charge on any atom is 0.164 e. The van der Waals surface area contributed by atoms with Crippen LogP contribution in [0, 0.1) is 6.92 Å². The van der Waals surface area contributed by atoms with E-state index in [0.29, 0.717) is 6.54 Å². The SMILES string of the molecule is CCC/C=C/c1nn(Cc2ccccc2)c2ncnc(N3CCN(c4ccc(C)cc4)CC3)c12. The Labute approximate surface area is 201 Å². The number of aromatic nitrogens is 4. The average Bonchev–Trinajstić information content (AvgIpc) is 3.23. The van der Waals surface area contributed by atoms with Crippen molar-refractivity contribution in [1.29, 1.82) is 0 Å². The minimum Gasteiger partial charge on any atom is -0.368 e. The van der Waals surface area contributed by atoms with E-state index < -0.39 is 0 Å². The van der Waals surface area contributed by atoms with Gasteiger partial charge >= 0.3 is 0 Å². The molecule has 0 unspecified atom stereocenters. The number of hydrogen-bond acceptors (Lipinski definition) is 5. The molecule has 0 N–H and O–H groups in total. The lowest BCUT2D eigenvalue weighted by molar-refractivity contribution is 0.648. The first-order valence-electron chi connectivity index (χ1n) is 12.2. The summed E-state index contributed by atoms with van der Waals surface area (Å²) >= 11 is 0. The molecule has 0 bridgehead atoms. The molecule has 1 aliphatic heterocycles. The molecule has 0 radical (unpaired) electrons. The van der Waals surface area contributed by atoms with Crippen LogP contribution in [0.3, 0.4) is 0 Å². The van der Waals surface area contributed by atoms with Gasteiger partial charge in [-0.1, -0.05) is 67.4 Å². The molecule has 2 aromatic carbocycles. The lowest BCUT2D eigenvalue weighted by atomic mass is 10.2. The van der Waals surface area contributed by atoms with Crippen LogP contribution in [0.25, 0.3) is 17.1 Å². The number of aryl methyl sites for hydroxylation is 1. The van der Waals surface area contributed by atoms with Crippen molar-refractivity contribution in [2.24, 2.45) is 0 Å². The summed E-state index contributed by atoms with van der Waals surface area (Å²) in [6.07, 6.45) is 8.19. The molecule has 0 aliphatic carbocycles. The Hall–Kier alpha value is -3.67. The highest BCUT2D eigenvalue weighted by Gasteiger charge is 2.23.